The van der Waals surface area contributed by atoms with Crippen molar-refractivity contribution in [1.29, 1.82) is 0 Å². The second kappa shape index (κ2) is 8.50. The van der Waals surface area contributed by atoms with Gasteiger partial charge in [-0.15, -0.1) is 5.10 Å². The second-order valence-electron chi connectivity index (χ2n) is 8.30. The Morgan fingerprint density at radius 2 is 2.03 bits per heavy atom. The van der Waals surface area contributed by atoms with Crippen LogP contribution in [-0.4, -0.2) is 54.5 Å². The number of nitrogens with one attached hydrogen (secondary N) is 2. The zero-order chi connectivity index (χ0) is 23.8. The Morgan fingerprint density at radius 1 is 1.18 bits per heavy atom. The Labute approximate surface area is 194 Å². The summed E-state index contributed by atoms with van der Waals surface area (Å²) in [5, 5.41) is 13.2. The van der Waals surface area contributed by atoms with Gasteiger partial charge in [0.05, 0.1) is 11.9 Å². The molecule has 1 atom stereocenters. The Morgan fingerprint density at radius 3 is 2.79 bits per heavy atom. The summed E-state index contributed by atoms with van der Waals surface area (Å²) in [6.45, 7) is 2.03. The summed E-state index contributed by atoms with van der Waals surface area (Å²) < 4.78 is 1.41. The molecule has 172 valence electrons. The minimum absolute atomic E-state index is 0.0761. The molecule has 0 spiro atoms. The van der Waals surface area contributed by atoms with Crippen LogP contribution in [0.5, 0.6) is 0 Å². The van der Waals surface area contributed by atoms with E-state index in [9.17, 15) is 19.2 Å². The van der Waals surface area contributed by atoms with E-state index in [2.05, 4.69) is 25.9 Å². The summed E-state index contributed by atoms with van der Waals surface area (Å²) in [6, 6.07) is 8.09. The number of benzene rings is 1. The van der Waals surface area contributed by atoms with Gasteiger partial charge < -0.3 is 10.2 Å². The van der Waals surface area contributed by atoms with Crippen molar-refractivity contribution in [2.24, 2.45) is 0 Å². The number of amides is 4. The third-order valence-corrected chi connectivity index (χ3v) is 5.87. The van der Waals surface area contributed by atoms with Crippen LogP contribution in [0.3, 0.4) is 0 Å². The van der Waals surface area contributed by atoms with Crippen molar-refractivity contribution in [2.45, 2.75) is 38.9 Å². The fraction of sp³-hybridized carbons (Fsp3) is 0.261. The number of aryl methyl sites for hydroxylation is 1. The van der Waals surface area contributed by atoms with E-state index in [1.807, 2.05) is 19.1 Å². The van der Waals surface area contributed by atoms with Crippen LogP contribution in [0.1, 0.15) is 34.3 Å². The average molecular weight is 459 g/mol. The maximum atomic E-state index is 12.9. The summed E-state index contributed by atoms with van der Waals surface area (Å²) in [7, 11) is 0. The smallest absolute Gasteiger partial charge is 0.255 e. The minimum Gasteiger partial charge on any atom is -0.324 e. The number of pyridine rings is 1. The van der Waals surface area contributed by atoms with Crippen molar-refractivity contribution >= 4 is 29.3 Å². The molecule has 2 aromatic heterocycles. The molecule has 1 unspecified atom stereocenters. The van der Waals surface area contributed by atoms with E-state index in [0.717, 1.165) is 5.56 Å². The SMILES string of the molecule is Cc1ccc(-c2cn(CC(=O)Nc3cccc4c3CN(C3CCC(=O)NC3=O)C4=O)nn2)nc1. The van der Waals surface area contributed by atoms with Crippen molar-refractivity contribution in [3.05, 3.63) is 59.4 Å². The number of aromatic nitrogens is 4. The number of hydrogen-bond donors (Lipinski definition) is 2. The van der Waals surface area contributed by atoms with E-state index >= 15 is 0 Å². The first-order valence-corrected chi connectivity index (χ1v) is 10.8. The highest BCUT2D eigenvalue weighted by Gasteiger charge is 2.39. The molecule has 1 fully saturated rings. The second-order valence-corrected chi connectivity index (χ2v) is 8.30. The number of nitrogens with zero attached hydrogens (tertiary/aromatic N) is 5. The van der Waals surface area contributed by atoms with Crippen LogP contribution in [0.2, 0.25) is 0 Å². The van der Waals surface area contributed by atoms with Crippen LogP contribution in [-0.2, 0) is 27.5 Å². The zero-order valence-corrected chi connectivity index (χ0v) is 18.3. The van der Waals surface area contributed by atoms with Gasteiger partial charge >= 0.3 is 0 Å². The lowest BCUT2D eigenvalue weighted by Crippen LogP contribution is -2.52. The van der Waals surface area contributed by atoms with Gasteiger partial charge in [0.15, 0.2) is 0 Å². The van der Waals surface area contributed by atoms with Crippen LogP contribution < -0.4 is 10.6 Å². The molecule has 1 saturated heterocycles. The first-order valence-electron chi connectivity index (χ1n) is 10.8. The van der Waals surface area contributed by atoms with Gasteiger partial charge in [-0.2, -0.15) is 0 Å². The van der Waals surface area contributed by atoms with Gasteiger partial charge in [-0.05, 0) is 37.1 Å². The maximum absolute atomic E-state index is 12.9. The molecular formula is C23H21N7O4. The monoisotopic (exact) mass is 459 g/mol. The molecule has 11 nitrogen and oxygen atoms in total. The number of piperidine rings is 1. The highest BCUT2D eigenvalue weighted by atomic mass is 16.2. The molecule has 34 heavy (non-hydrogen) atoms. The van der Waals surface area contributed by atoms with Crippen LogP contribution in [0.15, 0.2) is 42.7 Å². The van der Waals surface area contributed by atoms with Crippen LogP contribution in [0, 0.1) is 6.92 Å². The van der Waals surface area contributed by atoms with Gasteiger partial charge in [-0.25, -0.2) is 4.68 Å². The quantitative estimate of drug-likeness (QED) is 0.544. The van der Waals surface area contributed by atoms with Crippen molar-refractivity contribution in [1.82, 2.24) is 30.2 Å². The van der Waals surface area contributed by atoms with Crippen LogP contribution in [0.25, 0.3) is 11.4 Å². The van der Waals surface area contributed by atoms with Gasteiger partial charge in [0.25, 0.3) is 5.91 Å². The molecule has 4 heterocycles. The Hall–Kier alpha value is -4.41. The van der Waals surface area contributed by atoms with Gasteiger partial charge in [0, 0.05) is 36.0 Å². The molecule has 2 aliphatic rings. The lowest BCUT2D eigenvalue weighted by atomic mass is 10.0. The third-order valence-electron chi connectivity index (χ3n) is 5.87. The lowest BCUT2D eigenvalue weighted by molar-refractivity contribution is -0.137. The molecule has 1 aromatic carbocycles. The molecule has 0 aliphatic carbocycles. The first kappa shape index (κ1) is 21.4. The molecular weight excluding hydrogens is 438 g/mol. The fourth-order valence-electron chi connectivity index (χ4n) is 4.15. The third kappa shape index (κ3) is 4.03. The largest absolute Gasteiger partial charge is 0.324 e. The van der Waals surface area contributed by atoms with Crippen molar-refractivity contribution < 1.29 is 19.2 Å². The van der Waals surface area contributed by atoms with E-state index in [0.29, 0.717) is 28.2 Å². The highest BCUT2D eigenvalue weighted by molar-refractivity contribution is 6.06. The normalized spacial score (nSPS) is 17.5. The van der Waals surface area contributed by atoms with Crippen molar-refractivity contribution in [3.8, 4) is 11.4 Å². The van der Waals surface area contributed by atoms with Crippen LogP contribution in [0.4, 0.5) is 5.69 Å². The first-order chi connectivity index (χ1) is 16.4. The van der Waals surface area contributed by atoms with E-state index in [1.54, 1.807) is 30.6 Å². The lowest BCUT2D eigenvalue weighted by Gasteiger charge is -2.29. The zero-order valence-electron chi connectivity index (χ0n) is 18.3. The highest BCUT2D eigenvalue weighted by Crippen LogP contribution is 2.32. The predicted molar refractivity (Wildman–Crippen MR) is 119 cm³/mol. The number of hydrogen-bond acceptors (Lipinski definition) is 7. The Balaban J connectivity index is 1.28. The van der Waals surface area contributed by atoms with Crippen LogP contribution >= 0.6 is 0 Å². The minimum atomic E-state index is -0.717. The van der Waals surface area contributed by atoms with Gasteiger partial charge in [-0.3, -0.25) is 29.5 Å². The van der Waals surface area contributed by atoms with Crippen molar-refractivity contribution in [3.63, 3.8) is 0 Å². The molecule has 0 radical (unpaired) electrons. The molecule has 3 aromatic rings. The molecule has 0 bridgehead atoms. The number of carbonyl (C=O) groups is 4. The predicted octanol–water partition coefficient (Wildman–Crippen LogP) is 1.05. The molecule has 4 amide bonds. The van der Waals surface area contributed by atoms with E-state index in [-0.39, 0.29) is 43.7 Å². The summed E-state index contributed by atoms with van der Waals surface area (Å²) in [4.78, 5) is 55.1. The van der Waals surface area contributed by atoms with E-state index < -0.39 is 11.9 Å². The molecule has 5 rings (SSSR count). The summed E-state index contributed by atoms with van der Waals surface area (Å²) in [5.74, 6) is -1.46. The van der Waals surface area contributed by atoms with E-state index in [4.69, 9.17) is 0 Å². The summed E-state index contributed by atoms with van der Waals surface area (Å²) >= 11 is 0. The number of imide groups is 1. The maximum Gasteiger partial charge on any atom is 0.255 e. The van der Waals surface area contributed by atoms with E-state index in [1.165, 1.54) is 9.58 Å². The molecule has 11 heteroatoms. The van der Waals surface area contributed by atoms with Gasteiger partial charge in [0.1, 0.15) is 18.3 Å². The number of carbonyl (C=O) groups excluding carboxylic acids is 4. The summed E-state index contributed by atoms with van der Waals surface area (Å²) in [5.41, 5.74) is 3.79. The topological polar surface area (TPSA) is 139 Å². The van der Waals surface area contributed by atoms with Crippen molar-refractivity contribution in [2.75, 3.05) is 5.32 Å². The number of rotatable bonds is 5. The number of fused-ring (bicyclic) bond motifs is 1. The van der Waals surface area contributed by atoms with Gasteiger partial charge in [-0.1, -0.05) is 17.3 Å². The standard InChI is InChI=1S/C23H21N7O4/c1-13-5-6-17(24-9-13)18-11-29(28-27-18)12-21(32)25-16-4-2-3-14-15(16)10-30(23(14)34)19-7-8-20(31)26-22(19)33/h2-6,9,11,19H,7-8,10,12H2,1H3,(H,25,32)(H,26,31,33). The Bertz CT molecular complexity index is 1320. The fourth-order valence-corrected chi connectivity index (χ4v) is 4.15. The molecule has 2 N–H and O–H groups in total. The van der Waals surface area contributed by atoms with Gasteiger partial charge in [0.2, 0.25) is 17.7 Å². The average Bonchev–Trinajstić information content (AvgIpc) is 3.40. The number of anilines is 1. The summed E-state index contributed by atoms with van der Waals surface area (Å²) in [6.07, 6.45) is 3.83. The molecule has 2 aliphatic heterocycles. The molecule has 0 saturated carbocycles. The Kier molecular flexibility index (Phi) is 5.36.